The van der Waals surface area contributed by atoms with Crippen molar-refractivity contribution in [1.82, 2.24) is 4.98 Å². The van der Waals surface area contributed by atoms with E-state index >= 15 is 0 Å². The van der Waals surface area contributed by atoms with Crippen LogP contribution in [0.3, 0.4) is 0 Å². The highest BCUT2D eigenvalue weighted by atomic mass is 16.5. The van der Waals surface area contributed by atoms with Crippen LogP contribution in [0.4, 0.5) is 5.69 Å². The number of nitrogens with zero attached hydrogens (tertiary/aromatic N) is 1. The number of anilines is 1. The number of pyridine rings is 1. The zero-order valence-corrected chi connectivity index (χ0v) is 11.0. The number of hydrogen-bond donors (Lipinski definition) is 1. The highest BCUT2D eigenvalue weighted by molar-refractivity contribution is 5.55. The SMILES string of the molecule is CCc1nc(C)ccc1Oc1cc(C)ccc1N. The Labute approximate surface area is 108 Å². The second kappa shape index (κ2) is 5.08. The topological polar surface area (TPSA) is 48.1 Å². The first-order valence-electron chi connectivity index (χ1n) is 6.10. The number of nitrogen functional groups attached to an aromatic ring is 1. The van der Waals surface area contributed by atoms with E-state index in [0.717, 1.165) is 29.1 Å². The number of aryl methyl sites for hydroxylation is 3. The Morgan fingerprint density at radius 1 is 1.11 bits per heavy atom. The predicted octanol–water partition coefficient (Wildman–Crippen LogP) is 3.64. The van der Waals surface area contributed by atoms with Crippen molar-refractivity contribution < 1.29 is 4.74 Å². The lowest BCUT2D eigenvalue weighted by atomic mass is 10.2. The molecule has 2 aromatic rings. The Morgan fingerprint density at radius 2 is 1.89 bits per heavy atom. The van der Waals surface area contributed by atoms with Crippen LogP contribution in [-0.2, 0) is 6.42 Å². The highest BCUT2D eigenvalue weighted by Gasteiger charge is 2.07. The second-order valence-electron chi connectivity index (χ2n) is 4.39. The van der Waals surface area contributed by atoms with E-state index < -0.39 is 0 Å². The van der Waals surface area contributed by atoms with Gasteiger partial charge in [-0.1, -0.05) is 13.0 Å². The first-order chi connectivity index (χ1) is 8.60. The van der Waals surface area contributed by atoms with Crippen LogP contribution >= 0.6 is 0 Å². The van der Waals surface area contributed by atoms with Crippen molar-refractivity contribution in [3.8, 4) is 11.5 Å². The average Bonchev–Trinajstić information content (AvgIpc) is 2.36. The molecule has 0 unspecified atom stereocenters. The molecule has 0 saturated heterocycles. The summed E-state index contributed by atoms with van der Waals surface area (Å²) in [5, 5.41) is 0. The van der Waals surface area contributed by atoms with E-state index in [1.165, 1.54) is 0 Å². The van der Waals surface area contributed by atoms with Crippen LogP contribution in [-0.4, -0.2) is 4.98 Å². The Morgan fingerprint density at radius 3 is 2.61 bits per heavy atom. The third-order valence-corrected chi connectivity index (χ3v) is 2.80. The molecule has 0 radical (unpaired) electrons. The first-order valence-corrected chi connectivity index (χ1v) is 6.10. The fourth-order valence-electron chi connectivity index (χ4n) is 1.79. The molecular formula is C15H18N2O. The average molecular weight is 242 g/mol. The number of hydrogen-bond acceptors (Lipinski definition) is 3. The van der Waals surface area contributed by atoms with E-state index in [1.54, 1.807) is 0 Å². The summed E-state index contributed by atoms with van der Waals surface area (Å²) in [6, 6.07) is 9.66. The lowest BCUT2D eigenvalue weighted by molar-refractivity contribution is 0.474. The largest absolute Gasteiger partial charge is 0.453 e. The molecule has 0 aliphatic carbocycles. The molecule has 0 fully saturated rings. The van der Waals surface area contributed by atoms with E-state index in [-0.39, 0.29) is 0 Å². The molecule has 18 heavy (non-hydrogen) atoms. The van der Waals surface area contributed by atoms with Crippen molar-refractivity contribution in [2.45, 2.75) is 27.2 Å². The van der Waals surface area contributed by atoms with E-state index in [1.807, 2.05) is 44.2 Å². The molecular weight excluding hydrogens is 224 g/mol. The van der Waals surface area contributed by atoms with Crippen LogP contribution in [0, 0.1) is 13.8 Å². The lowest BCUT2D eigenvalue weighted by Crippen LogP contribution is -1.98. The Balaban J connectivity index is 2.36. The summed E-state index contributed by atoms with van der Waals surface area (Å²) >= 11 is 0. The van der Waals surface area contributed by atoms with Gasteiger partial charge < -0.3 is 10.5 Å². The molecule has 3 nitrogen and oxygen atoms in total. The van der Waals surface area contributed by atoms with Crippen LogP contribution in [0.2, 0.25) is 0 Å². The Hall–Kier alpha value is -2.03. The van der Waals surface area contributed by atoms with Gasteiger partial charge in [-0.3, -0.25) is 4.98 Å². The molecule has 0 spiro atoms. The van der Waals surface area contributed by atoms with Crippen LogP contribution in [0.5, 0.6) is 11.5 Å². The van der Waals surface area contributed by atoms with E-state index in [4.69, 9.17) is 10.5 Å². The summed E-state index contributed by atoms with van der Waals surface area (Å²) in [6.45, 7) is 6.05. The van der Waals surface area contributed by atoms with E-state index in [9.17, 15) is 0 Å². The van der Waals surface area contributed by atoms with Gasteiger partial charge in [0.2, 0.25) is 0 Å². The number of aromatic nitrogens is 1. The molecule has 3 heteroatoms. The molecule has 0 amide bonds. The second-order valence-corrected chi connectivity index (χ2v) is 4.39. The van der Waals surface area contributed by atoms with Gasteiger partial charge in [-0.15, -0.1) is 0 Å². The van der Waals surface area contributed by atoms with Crippen LogP contribution < -0.4 is 10.5 Å². The molecule has 1 aromatic heterocycles. The van der Waals surface area contributed by atoms with E-state index in [0.29, 0.717) is 11.4 Å². The fraction of sp³-hybridized carbons (Fsp3) is 0.267. The fourth-order valence-corrected chi connectivity index (χ4v) is 1.79. The minimum absolute atomic E-state index is 0.642. The van der Waals surface area contributed by atoms with Gasteiger partial charge in [0.15, 0.2) is 5.75 Å². The van der Waals surface area contributed by atoms with Gasteiger partial charge in [-0.25, -0.2) is 0 Å². The van der Waals surface area contributed by atoms with Crippen LogP contribution in [0.15, 0.2) is 30.3 Å². The van der Waals surface area contributed by atoms with Crippen molar-refractivity contribution in [2.75, 3.05) is 5.73 Å². The maximum Gasteiger partial charge on any atom is 0.150 e. The molecule has 94 valence electrons. The monoisotopic (exact) mass is 242 g/mol. The van der Waals surface area contributed by atoms with Crippen LogP contribution in [0.1, 0.15) is 23.9 Å². The molecule has 2 N–H and O–H groups in total. The highest BCUT2D eigenvalue weighted by Crippen LogP contribution is 2.30. The minimum Gasteiger partial charge on any atom is -0.453 e. The number of benzene rings is 1. The maximum atomic E-state index is 5.91. The summed E-state index contributed by atoms with van der Waals surface area (Å²) in [7, 11) is 0. The minimum atomic E-state index is 0.642. The maximum absolute atomic E-state index is 5.91. The van der Waals surface area contributed by atoms with Gasteiger partial charge in [0.05, 0.1) is 11.4 Å². The zero-order chi connectivity index (χ0) is 13.1. The van der Waals surface area contributed by atoms with Crippen molar-refractivity contribution in [2.24, 2.45) is 0 Å². The van der Waals surface area contributed by atoms with Gasteiger partial charge in [0.25, 0.3) is 0 Å². The van der Waals surface area contributed by atoms with E-state index in [2.05, 4.69) is 11.9 Å². The molecule has 0 bridgehead atoms. The molecule has 2 rings (SSSR count). The number of nitrogens with two attached hydrogens (primary N) is 1. The smallest absolute Gasteiger partial charge is 0.150 e. The Kier molecular flexibility index (Phi) is 3.51. The zero-order valence-electron chi connectivity index (χ0n) is 11.0. The van der Waals surface area contributed by atoms with Gasteiger partial charge in [-0.2, -0.15) is 0 Å². The van der Waals surface area contributed by atoms with Crippen molar-refractivity contribution in [3.05, 3.63) is 47.3 Å². The molecule has 0 atom stereocenters. The summed E-state index contributed by atoms with van der Waals surface area (Å²) in [4.78, 5) is 4.47. The first kappa shape index (κ1) is 12.4. The molecule has 0 aliphatic heterocycles. The van der Waals surface area contributed by atoms with Crippen LogP contribution in [0.25, 0.3) is 0 Å². The molecule has 0 saturated carbocycles. The van der Waals surface area contributed by atoms with Gasteiger partial charge in [0.1, 0.15) is 5.75 Å². The summed E-state index contributed by atoms with van der Waals surface area (Å²) in [5.41, 5.74) is 9.63. The van der Waals surface area contributed by atoms with Crippen molar-refractivity contribution >= 4 is 5.69 Å². The van der Waals surface area contributed by atoms with Gasteiger partial charge >= 0.3 is 0 Å². The summed E-state index contributed by atoms with van der Waals surface area (Å²) in [5.74, 6) is 1.47. The normalized spacial score (nSPS) is 10.4. The quantitative estimate of drug-likeness (QED) is 0.836. The van der Waals surface area contributed by atoms with Crippen molar-refractivity contribution in [1.29, 1.82) is 0 Å². The van der Waals surface area contributed by atoms with Gasteiger partial charge in [-0.05, 0) is 50.1 Å². The third-order valence-electron chi connectivity index (χ3n) is 2.80. The third kappa shape index (κ3) is 2.62. The molecule has 1 heterocycles. The number of rotatable bonds is 3. The standard InChI is InChI=1S/C15H18N2O/c1-4-13-14(8-6-11(3)17-13)18-15-9-10(2)5-7-12(15)16/h5-9H,4,16H2,1-3H3. The lowest BCUT2D eigenvalue weighted by Gasteiger charge is -2.12. The Bertz CT molecular complexity index is 564. The predicted molar refractivity (Wildman–Crippen MR) is 74.0 cm³/mol. The molecule has 0 aliphatic rings. The summed E-state index contributed by atoms with van der Waals surface area (Å²) < 4.78 is 5.88. The van der Waals surface area contributed by atoms with Gasteiger partial charge in [0, 0.05) is 5.69 Å². The number of ether oxygens (including phenoxy) is 1. The summed E-state index contributed by atoms with van der Waals surface area (Å²) in [6.07, 6.45) is 0.836. The molecule has 1 aromatic carbocycles. The van der Waals surface area contributed by atoms with Crippen molar-refractivity contribution in [3.63, 3.8) is 0 Å².